The highest BCUT2D eigenvalue weighted by Gasteiger charge is 2.09. The van der Waals surface area contributed by atoms with Gasteiger partial charge in [-0.1, -0.05) is 13.3 Å². The van der Waals surface area contributed by atoms with Crippen molar-refractivity contribution in [2.24, 2.45) is 0 Å². The zero-order chi connectivity index (χ0) is 11.3. The van der Waals surface area contributed by atoms with Gasteiger partial charge in [-0.3, -0.25) is 0 Å². The summed E-state index contributed by atoms with van der Waals surface area (Å²) in [4.78, 5) is 13.9. The number of anilines is 2. The molecule has 0 atom stereocenters. The first-order valence-corrected chi connectivity index (χ1v) is 5.47. The number of unbranched alkanes of at least 4 members (excludes halogenated alkanes) is 1. The molecule has 0 spiro atoms. The lowest BCUT2D eigenvalue weighted by Crippen LogP contribution is -2.26. The molecule has 1 heterocycles. The smallest absolute Gasteiger partial charge is 0.231 e. The van der Waals surface area contributed by atoms with Crippen molar-refractivity contribution >= 4 is 23.5 Å². The van der Waals surface area contributed by atoms with Crippen molar-refractivity contribution < 1.29 is 0 Å². The Hall–Kier alpha value is -1.10. The first-order valence-electron chi connectivity index (χ1n) is 5.09. The van der Waals surface area contributed by atoms with Crippen molar-refractivity contribution in [1.29, 1.82) is 0 Å². The van der Waals surface area contributed by atoms with Crippen LogP contribution in [0.1, 0.15) is 26.7 Å². The average Bonchev–Trinajstić information content (AvgIpc) is 2.17. The number of nitrogens with zero attached hydrogens (tertiary/aromatic N) is 4. The van der Waals surface area contributed by atoms with E-state index in [1.165, 1.54) is 0 Å². The third-order valence-corrected chi connectivity index (χ3v) is 2.23. The lowest BCUT2D eigenvalue weighted by Gasteiger charge is -2.20. The summed E-state index contributed by atoms with van der Waals surface area (Å²) in [7, 11) is 0. The van der Waals surface area contributed by atoms with Crippen molar-refractivity contribution in [2.75, 3.05) is 23.7 Å². The number of hydrogen-bond donors (Lipinski definition) is 1. The summed E-state index contributed by atoms with van der Waals surface area (Å²) in [5.41, 5.74) is 5.51. The van der Waals surface area contributed by atoms with Gasteiger partial charge in [0.1, 0.15) is 0 Å². The molecule has 0 radical (unpaired) electrons. The predicted molar refractivity (Wildman–Crippen MR) is 62.0 cm³/mol. The summed E-state index contributed by atoms with van der Waals surface area (Å²) in [5.74, 6) is 0.725. The third-order valence-electron chi connectivity index (χ3n) is 2.06. The standard InChI is InChI=1S/C9H16ClN5/c1-3-5-6-15(4-2)9-13-7(10)12-8(11)14-9/h3-6H2,1-2H3,(H2,11,12,13,14). The van der Waals surface area contributed by atoms with Gasteiger partial charge in [0.25, 0.3) is 0 Å². The summed E-state index contributed by atoms with van der Waals surface area (Å²) in [6, 6.07) is 0. The first kappa shape index (κ1) is 12.0. The minimum atomic E-state index is 0.146. The highest BCUT2D eigenvalue weighted by Crippen LogP contribution is 2.12. The van der Waals surface area contributed by atoms with Gasteiger partial charge in [-0.2, -0.15) is 15.0 Å². The van der Waals surface area contributed by atoms with Crippen molar-refractivity contribution in [1.82, 2.24) is 15.0 Å². The molecule has 0 aliphatic carbocycles. The minimum Gasteiger partial charge on any atom is -0.368 e. The maximum Gasteiger partial charge on any atom is 0.231 e. The fourth-order valence-corrected chi connectivity index (χ4v) is 1.41. The lowest BCUT2D eigenvalue weighted by molar-refractivity contribution is 0.712. The maximum absolute atomic E-state index is 5.72. The van der Waals surface area contributed by atoms with Crippen LogP contribution < -0.4 is 10.6 Å². The van der Waals surface area contributed by atoms with E-state index in [4.69, 9.17) is 17.3 Å². The normalized spacial score (nSPS) is 10.3. The largest absolute Gasteiger partial charge is 0.368 e. The molecule has 1 rings (SSSR count). The molecule has 0 aromatic carbocycles. The molecule has 0 aliphatic heterocycles. The molecule has 0 fully saturated rings. The van der Waals surface area contributed by atoms with Gasteiger partial charge >= 0.3 is 0 Å². The van der Waals surface area contributed by atoms with Crippen LogP contribution in [-0.2, 0) is 0 Å². The number of nitrogen functional groups attached to an aromatic ring is 1. The van der Waals surface area contributed by atoms with E-state index < -0.39 is 0 Å². The van der Waals surface area contributed by atoms with Crippen LogP contribution in [0.2, 0.25) is 5.28 Å². The Morgan fingerprint density at radius 1 is 1.27 bits per heavy atom. The van der Waals surface area contributed by atoms with Gasteiger partial charge in [0, 0.05) is 13.1 Å². The average molecular weight is 230 g/mol. The number of aromatic nitrogens is 3. The van der Waals surface area contributed by atoms with Crippen LogP contribution in [0.5, 0.6) is 0 Å². The van der Waals surface area contributed by atoms with Gasteiger partial charge in [0.05, 0.1) is 0 Å². The number of rotatable bonds is 5. The van der Waals surface area contributed by atoms with Gasteiger partial charge in [-0.25, -0.2) is 0 Å². The molecule has 84 valence electrons. The first-order chi connectivity index (χ1) is 7.17. The topological polar surface area (TPSA) is 67.9 Å². The van der Waals surface area contributed by atoms with E-state index in [2.05, 4.69) is 21.9 Å². The van der Waals surface area contributed by atoms with Crippen molar-refractivity contribution in [3.05, 3.63) is 5.28 Å². The van der Waals surface area contributed by atoms with Crippen LogP contribution in [0.25, 0.3) is 0 Å². The van der Waals surface area contributed by atoms with Crippen molar-refractivity contribution in [3.8, 4) is 0 Å². The molecule has 6 heteroatoms. The molecule has 0 saturated heterocycles. The van der Waals surface area contributed by atoms with E-state index in [1.54, 1.807) is 0 Å². The Bertz CT molecular complexity index is 297. The molecule has 0 aliphatic rings. The molecule has 1 aromatic rings. The summed E-state index contributed by atoms with van der Waals surface area (Å²) in [6.45, 7) is 5.93. The van der Waals surface area contributed by atoms with Crippen LogP contribution >= 0.6 is 11.6 Å². The van der Waals surface area contributed by atoms with E-state index in [-0.39, 0.29) is 11.2 Å². The minimum absolute atomic E-state index is 0.146. The lowest BCUT2D eigenvalue weighted by atomic mass is 10.3. The second-order valence-corrected chi connectivity index (χ2v) is 3.53. The SMILES string of the molecule is CCCCN(CC)c1nc(N)nc(Cl)n1. The molecule has 1 aromatic heterocycles. The van der Waals surface area contributed by atoms with Gasteiger partial charge < -0.3 is 10.6 Å². The fraction of sp³-hybridized carbons (Fsp3) is 0.667. The summed E-state index contributed by atoms with van der Waals surface area (Å²) < 4.78 is 0. The Balaban J connectivity index is 2.81. The molecule has 2 N–H and O–H groups in total. The zero-order valence-electron chi connectivity index (χ0n) is 9.07. The van der Waals surface area contributed by atoms with Crippen LogP contribution in [-0.4, -0.2) is 28.0 Å². The number of nitrogens with two attached hydrogens (primary N) is 1. The third kappa shape index (κ3) is 3.51. The molecule has 0 amide bonds. The van der Waals surface area contributed by atoms with Gasteiger partial charge in [-0.15, -0.1) is 0 Å². The second-order valence-electron chi connectivity index (χ2n) is 3.20. The Morgan fingerprint density at radius 2 is 2.00 bits per heavy atom. The van der Waals surface area contributed by atoms with E-state index in [1.807, 2.05) is 11.8 Å². The highest BCUT2D eigenvalue weighted by atomic mass is 35.5. The quantitative estimate of drug-likeness (QED) is 0.833. The Labute approximate surface area is 94.7 Å². The molecular formula is C9H16ClN5. The fourth-order valence-electron chi connectivity index (χ4n) is 1.24. The van der Waals surface area contributed by atoms with Crippen LogP contribution in [0.4, 0.5) is 11.9 Å². The zero-order valence-corrected chi connectivity index (χ0v) is 9.83. The molecule has 0 saturated carbocycles. The van der Waals surface area contributed by atoms with E-state index in [9.17, 15) is 0 Å². The van der Waals surface area contributed by atoms with Gasteiger partial charge in [0.15, 0.2) is 0 Å². The predicted octanol–water partition coefficient (Wildman–Crippen LogP) is 1.73. The molecule has 15 heavy (non-hydrogen) atoms. The van der Waals surface area contributed by atoms with Crippen molar-refractivity contribution in [3.63, 3.8) is 0 Å². The molecule has 5 nitrogen and oxygen atoms in total. The Morgan fingerprint density at radius 3 is 2.53 bits per heavy atom. The molecule has 0 bridgehead atoms. The van der Waals surface area contributed by atoms with E-state index in [0.717, 1.165) is 25.9 Å². The van der Waals surface area contributed by atoms with Crippen LogP contribution in [0.15, 0.2) is 0 Å². The molecule has 0 unspecified atom stereocenters. The number of hydrogen-bond acceptors (Lipinski definition) is 5. The van der Waals surface area contributed by atoms with Gasteiger partial charge in [-0.05, 0) is 24.9 Å². The highest BCUT2D eigenvalue weighted by molar-refractivity contribution is 6.28. The van der Waals surface area contributed by atoms with E-state index >= 15 is 0 Å². The maximum atomic E-state index is 5.72. The van der Waals surface area contributed by atoms with Crippen LogP contribution in [0, 0.1) is 0 Å². The molecular weight excluding hydrogens is 214 g/mol. The van der Waals surface area contributed by atoms with E-state index in [0.29, 0.717) is 5.95 Å². The van der Waals surface area contributed by atoms with Gasteiger partial charge in [0.2, 0.25) is 17.2 Å². The van der Waals surface area contributed by atoms with Crippen molar-refractivity contribution in [2.45, 2.75) is 26.7 Å². The number of halogens is 1. The summed E-state index contributed by atoms with van der Waals surface area (Å²) in [5, 5.41) is 0.146. The van der Waals surface area contributed by atoms with Crippen LogP contribution in [0.3, 0.4) is 0 Å². The summed E-state index contributed by atoms with van der Waals surface area (Å²) in [6.07, 6.45) is 2.22. The Kier molecular flexibility index (Phi) is 4.55. The second kappa shape index (κ2) is 5.70. The summed E-state index contributed by atoms with van der Waals surface area (Å²) >= 11 is 5.72. The monoisotopic (exact) mass is 229 g/mol.